The molecule has 1 aliphatic carbocycles. The molecule has 0 aliphatic heterocycles. The summed E-state index contributed by atoms with van der Waals surface area (Å²) in [5, 5.41) is 11.4. The lowest BCUT2D eigenvalue weighted by Gasteiger charge is -2.32. The molecule has 1 aromatic heterocycles. The second-order valence-electron chi connectivity index (χ2n) is 8.92. The Morgan fingerprint density at radius 2 is 1.97 bits per heavy atom. The van der Waals surface area contributed by atoms with E-state index >= 15 is 0 Å². The quantitative estimate of drug-likeness (QED) is 0.513. The van der Waals surface area contributed by atoms with E-state index in [0.717, 1.165) is 35.9 Å². The third kappa shape index (κ3) is 5.32. The van der Waals surface area contributed by atoms with Crippen LogP contribution in [0.2, 0.25) is 0 Å². The van der Waals surface area contributed by atoms with Crippen molar-refractivity contribution in [3.63, 3.8) is 0 Å². The number of hydrogen-bond donors (Lipinski definition) is 1. The lowest BCUT2D eigenvalue weighted by Crippen LogP contribution is -2.46. The van der Waals surface area contributed by atoms with Gasteiger partial charge in [0.25, 0.3) is 0 Å². The van der Waals surface area contributed by atoms with Crippen LogP contribution < -0.4 is 10.1 Å². The van der Waals surface area contributed by atoms with Crippen LogP contribution in [0.4, 0.5) is 0 Å². The minimum atomic E-state index is -0.734. The van der Waals surface area contributed by atoms with E-state index in [-0.39, 0.29) is 24.4 Å². The van der Waals surface area contributed by atoms with Crippen LogP contribution >= 0.6 is 0 Å². The number of aromatic nitrogens is 3. The number of carbonyl (C=O) groups is 2. The van der Waals surface area contributed by atoms with E-state index in [0.29, 0.717) is 18.2 Å². The molecule has 0 radical (unpaired) electrons. The van der Waals surface area contributed by atoms with Crippen LogP contribution in [-0.4, -0.2) is 51.4 Å². The average molecular weight is 450 g/mol. The second-order valence-corrected chi connectivity index (χ2v) is 8.92. The molecule has 1 saturated carbocycles. The lowest BCUT2D eigenvalue weighted by atomic mass is 10.0. The molecule has 8 nitrogen and oxygen atoms in total. The normalized spacial score (nSPS) is 14.3. The first-order valence-corrected chi connectivity index (χ1v) is 11.5. The fourth-order valence-corrected chi connectivity index (χ4v) is 3.99. The lowest BCUT2D eigenvalue weighted by molar-refractivity contribution is -0.142. The highest BCUT2D eigenvalue weighted by Crippen LogP contribution is 2.36. The first-order chi connectivity index (χ1) is 16.0. The highest BCUT2D eigenvalue weighted by molar-refractivity contribution is 5.89. The monoisotopic (exact) mass is 449 g/mol. The Morgan fingerprint density at radius 1 is 1.18 bits per heavy atom. The zero-order valence-corrected chi connectivity index (χ0v) is 19.4. The van der Waals surface area contributed by atoms with Crippen LogP contribution in [0.5, 0.6) is 5.75 Å². The number of nitrogens with zero attached hydrogens (tertiary/aromatic N) is 4. The van der Waals surface area contributed by atoms with Crippen molar-refractivity contribution >= 4 is 22.8 Å². The summed E-state index contributed by atoms with van der Waals surface area (Å²) in [6.07, 6.45) is 2.63. The van der Waals surface area contributed by atoms with Gasteiger partial charge in [0.2, 0.25) is 11.8 Å². The molecule has 0 saturated heterocycles. The van der Waals surface area contributed by atoms with Gasteiger partial charge in [-0.2, -0.15) is 0 Å². The van der Waals surface area contributed by atoms with Crippen molar-refractivity contribution < 1.29 is 14.3 Å². The highest BCUT2D eigenvalue weighted by atomic mass is 16.5. The molecule has 0 spiro atoms. The van der Waals surface area contributed by atoms with Crippen molar-refractivity contribution in [1.29, 1.82) is 0 Å². The molecular formula is C25H31N5O3. The summed E-state index contributed by atoms with van der Waals surface area (Å²) in [5.74, 6) is 0.799. The topological polar surface area (TPSA) is 89.4 Å². The first kappa shape index (κ1) is 22.8. The van der Waals surface area contributed by atoms with E-state index in [9.17, 15) is 9.59 Å². The fraction of sp³-hybridized carbons (Fsp3) is 0.440. The average Bonchev–Trinajstić information content (AvgIpc) is 3.57. The number of ether oxygens (including phenoxy) is 1. The van der Waals surface area contributed by atoms with Gasteiger partial charge in [0.05, 0.1) is 12.6 Å². The fourth-order valence-electron chi connectivity index (χ4n) is 3.99. The number of amides is 2. The molecule has 4 rings (SSSR count). The van der Waals surface area contributed by atoms with Crippen molar-refractivity contribution in [1.82, 2.24) is 25.2 Å². The van der Waals surface area contributed by atoms with Crippen LogP contribution in [0, 0.1) is 5.92 Å². The molecular weight excluding hydrogens is 418 g/mol. The zero-order valence-electron chi connectivity index (χ0n) is 19.4. The van der Waals surface area contributed by atoms with Crippen LogP contribution in [0.3, 0.4) is 0 Å². The number of hydrogen-bond acceptors (Lipinski definition) is 5. The Morgan fingerprint density at radius 3 is 2.70 bits per heavy atom. The molecule has 2 aromatic carbocycles. The summed E-state index contributed by atoms with van der Waals surface area (Å²) in [6.45, 7) is 4.83. The standard InChI is InChI=1S/C25H31N5O3/c1-17(2)13-14-26-25(32)24(18-7-6-8-20(15-18)33-3)30(19-11-12-19)23(31)16-29-22-10-5-4-9-21(22)27-28-29/h4-10,15,17,19,24H,11-14,16H2,1-3H3,(H,26,32). The number of rotatable bonds is 10. The summed E-state index contributed by atoms with van der Waals surface area (Å²) in [6, 6.07) is 14.2. The van der Waals surface area contributed by atoms with Gasteiger partial charge in [0.1, 0.15) is 23.9 Å². The minimum absolute atomic E-state index is 0.0246. The Hall–Kier alpha value is -3.42. The largest absolute Gasteiger partial charge is 0.497 e. The van der Waals surface area contributed by atoms with Crippen molar-refractivity contribution in [3.05, 3.63) is 54.1 Å². The van der Waals surface area contributed by atoms with Gasteiger partial charge in [0, 0.05) is 12.6 Å². The highest BCUT2D eigenvalue weighted by Gasteiger charge is 2.41. The van der Waals surface area contributed by atoms with Crippen LogP contribution in [0.15, 0.2) is 48.5 Å². The molecule has 174 valence electrons. The summed E-state index contributed by atoms with van der Waals surface area (Å²) >= 11 is 0. The smallest absolute Gasteiger partial charge is 0.247 e. The summed E-state index contributed by atoms with van der Waals surface area (Å²) in [7, 11) is 1.59. The number of carbonyl (C=O) groups excluding carboxylic acids is 2. The molecule has 8 heteroatoms. The number of benzene rings is 2. The molecule has 1 aliphatic rings. The Kier molecular flexibility index (Phi) is 6.91. The Balaban J connectivity index is 1.64. The Bertz CT molecular complexity index is 1120. The van der Waals surface area contributed by atoms with E-state index in [2.05, 4.69) is 29.5 Å². The second kappa shape index (κ2) is 10.0. The molecule has 1 unspecified atom stereocenters. The molecule has 0 bridgehead atoms. The summed E-state index contributed by atoms with van der Waals surface area (Å²) < 4.78 is 6.99. The van der Waals surface area contributed by atoms with Crippen molar-refractivity contribution in [3.8, 4) is 5.75 Å². The number of para-hydroxylation sites is 1. The number of methoxy groups -OCH3 is 1. The third-order valence-electron chi connectivity index (χ3n) is 5.89. The molecule has 1 fully saturated rings. The summed E-state index contributed by atoms with van der Waals surface area (Å²) in [5.41, 5.74) is 2.26. The van der Waals surface area contributed by atoms with Gasteiger partial charge < -0.3 is 15.0 Å². The maximum atomic E-state index is 13.6. The summed E-state index contributed by atoms with van der Waals surface area (Å²) in [4.78, 5) is 28.8. The molecule has 1 N–H and O–H groups in total. The molecule has 1 atom stereocenters. The van der Waals surface area contributed by atoms with Crippen LogP contribution in [-0.2, 0) is 16.1 Å². The van der Waals surface area contributed by atoms with Gasteiger partial charge in [-0.15, -0.1) is 5.10 Å². The Labute approximate surface area is 193 Å². The molecule has 33 heavy (non-hydrogen) atoms. The maximum Gasteiger partial charge on any atom is 0.247 e. The van der Waals surface area contributed by atoms with Gasteiger partial charge >= 0.3 is 0 Å². The maximum absolute atomic E-state index is 13.6. The molecule has 2 amide bonds. The van der Waals surface area contributed by atoms with Gasteiger partial charge in [-0.05, 0) is 55.0 Å². The van der Waals surface area contributed by atoms with E-state index in [1.165, 1.54) is 0 Å². The van der Waals surface area contributed by atoms with Crippen LogP contribution in [0.1, 0.15) is 44.7 Å². The van der Waals surface area contributed by atoms with Crippen molar-refractivity contribution in [2.45, 2.75) is 51.7 Å². The van der Waals surface area contributed by atoms with Crippen LogP contribution in [0.25, 0.3) is 11.0 Å². The molecule has 3 aromatic rings. The first-order valence-electron chi connectivity index (χ1n) is 11.5. The number of nitrogens with one attached hydrogen (secondary N) is 1. The third-order valence-corrected chi connectivity index (χ3v) is 5.89. The van der Waals surface area contributed by atoms with Crippen molar-refractivity contribution in [2.75, 3.05) is 13.7 Å². The van der Waals surface area contributed by atoms with Crippen molar-refractivity contribution in [2.24, 2.45) is 5.92 Å². The van der Waals surface area contributed by atoms with E-state index in [1.54, 1.807) is 16.7 Å². The minimum Gasteiger partial charge on any atom is -0.497 e. The predicted molar refractivity (Wildman–Crippen MR) is 126 cm³/mol. The van der Waals surface area contributed by atoms with E-state index in [4.69, 9.17) is 4.74 Å². The van der Waals surface area contributed by atoms with E-state index < -0.39 is 6.04 Å². The van der Waals surface area contributed by atoms with Gasteiger partial charge in [-0.1, -0.05) is 43.3 Å². The van der Waals surface area contributed by atoms with Gasteiger partial charge in [0.15, 0.2) is 0 Å². The molecule has 1 heterocycles. The van der Waals surface area contributed by atoms with Gasteiger partial charge in [-0.3, -0.25) is 9.59 Å². The van der Waals surface area contributed by atoms with Gasteiger partial charge in [-0.25, -0.2) is 4.68 Å². The van der Waals surface area contributed by atoms with E-state index in [1.807, 2.05) is 48.5 Å². The predicted octanol–water partition coefficient (Wildman–Crippen LogP) is 3.33. The SMILES string of the molecule is COc1cccc(C(C(=O)NCCC(C)C)N(C(=O)Cn2nnc3ccccc32)C2CC2)c1. The number of fused-ring (bicyclic) bond motifs is 1. The zero-order chi connectivity index (χ0) is 23.4.